The van der Waals surface area contributed by atoms with E-state index in [0.29, 0.717) is 5.75 Å². The maximum Gasteiger partial charge on any atom is 0.416 e. The Morgan fingerprint density at radius 2 is 1.96 bits per heavy atom. The van der Waals surface area contributed by atoms with Crippen LogP contribution in [0.1, 0.15) is 36.3 Å². The van der Waals surface area contributed by atoms with Gasteiger partial charge in [0.05, 0.1) is 19.1 Å². The van der Waals surface area contributed by atoms with E-state index in [1.165, 1.54) is 6.07 Å². The first-order valence-corrected chi connectivity index (χ1v) is 8.53. The van der Waals surface area contributed by atoms with Crippen molar-refractivity contribution in [1.29, 1.82) is 0 Å². The number of ether oxygens (including phenoxy) is 2. The highest BCUT2D eigenvalue weighted by molar-refractivity contribution is 5.74. The zero-order chi connectivity index (χ0) is 20.3. The monoisotopic (exact) mass is 393 g/mol. The van der Waals surface area contributed by atoms with Crippen molar-refractivity contribution in [3.05, 3.63) is 59.5 Å². The molecule has 0 amide bonds. The lowest BCUT2D eigenvalue weighted by molar-refractivity contribution is -0.146. The van der Waals surface area contributed by atoms with Crippen LogP contribution in [0.5, 0.6) is 5.75 Å². The Hall–Kier alpha value is -3.03. The molecule has 1 aromatic heterocycles. The maximum absolute atomic E-state index is 12.8. The largest absolute Gasteiger partial charge is 0.496 e. The molecule has 0 fully saturated rings. The van der Waals surface area contributed by atoms with Gasteiger partial charge in [-0.1, -0.05) is 25.1 Å². The lowest BCUT2D eigenvalue weighted by Gasteiger charge is -2.14. The molecule has 0 bridgehead atoms. The number of methoxy groups -OCH3 is 1. The summed E-state index contributed by atoms with van der Waals surface area (Å²) >= 11 is 0. The highest BCUT2D eigenvalue weighted by atomic mass is 19.4. The van der Waals surface area contributed by atoms with Crippen molar-refractivity contribution in [2.24, 2.45) is 0 Å². The van der Waals surface area contributed by atoms with Gasteiger partial charge in [0.25, 0.3) is 0 Å². The van der Waals surface area contributed by atoms with E-state index in [2.05, 4.69) is 4.98 Å². The Balaban J connectivity index is 1.62. The fraction of sp³-hybridized carbons (Fsp3) is 0.300. The van der Waals surface area contributed by atoms with Gasteiger partial charge in [-0.2, -0.15) is 13.2 Å². The number of halogens is 3. The van der Waals surface area contributed by atoms with Crippen LogP contribution in [0.2, 0.25) is 0 Å². The number of aromatic nitrogens is 1. The highest BCUT2D eigenvalue weighted by Gasteiger charge is 2.31. The topological polar surface area (TPSA) is 61.6 Å². The number of carbonyl (C=O) groups excluding carboxylic acids is 1. The minimum absolute atomic E-state index is 0.0348. The maximum atomic E-state index is 12.8. The average molecular weight is 393 g/mol. The van der Waals surface area contributed by atoms with Gasteiger partial charge in [-0.25, -0.2) is 4.98 Å². The molecule has 0 radical (unpaired) electrons. The summed E-state index contributed by atoms with van der Waals surface area (Å²) in [6, 6.07) is 10.4. The van der Waals surface area contributed by atoms with E-state index in [1.807, 2.05) is 31.2 Å². The SMILES string of the molecule is COc1ccccc1[C@H](C)CC(=O)OCc1nc2cc(C(F)(F)F)ccc2o1. The molecule has 3 aromatic rings. The lowest BCUT2D eigenvalue weighted by atomic mass is 9.97. The molecule has 8 heteroatoms. The minimum Gasteiger partial charge on any atom is -0.496 e. The van der Waals surface area contributed by atoms with Gasteiger partial charge in [-0.3, -0.25) is 4.79 Å². The predicted octanol–water partition coefficient (Wildman–Crippen LogP) is 5.09. The third kappa shape index (κ3) is 4.44. The Kier molecular flexibility index (Phi) is 5.58. The van der Waals surface area contributed by atoms with Crippen LogP contribution in [-0.2, 0) is 22.3 Å². The second-order valence-electron chi connectivity index (χ2n) is 6.30. The number of para-hydroxylation sites is 1. The van der Waals surface area contributed by atoms with Crippen molar-refractivity contribution >= 4 is 17.1 Å². The van der Waals surface area contributed by atoms with Gasteiger partial charge >= 0.3 is 12.1 Å². The number of oxazole rings is 1. The first-order valence-electron chi connectivity index (χ1n) is 8.53. The molecule has 5 nitrogen and oxygen atoms in total. The molecular formula is C20H18F3NO4. The number of carbonyl (C=O) groups is 1. The quantitative estimate of drug-likeness (QED) is 0.546. The van der Waals surface area contributed by atoms with E-state index in [9.17, 15) is 18.0 Å². The van der Waals surface area contributed by atoms with E-state index >= 15 is 0 Å². The summed E-state index contributed by atoms with van der Waals surface area (Å²) in [4.78, 5) is 16.1. The number of nitrogens with zero attached hydrogens (tertiary/aromatic N) is 1. The number of alkyl halides is 3. The van der Waals surface area contributed by atoms with Gasteiger partial charge in [0.2, 0.25) is 5.89 Å². The Morgan fingerprint density at radius 3 is 2.68 bits per heavy atom. The molecule has 0 saturated carbocycles. The van der Waals surface area contributed by atoms with Crippen LogP contribution in [0.25, 0.3) is 11.1 Å². The van der Waals surface area contributed by atoms with Gasteiger partial charge in [0.15, 0.2) is 12.2 Å². The van der Waals surface area contributed by atoms with Crippen molar-refractivity contribution < 1.29 is 31.9 Å². The van der Waals surface area contributed by atoms with Gasteiger partial charge < -0.3 is 13.9 Å². The van der Waals surface area contributed by atoms with Gasteiger partial charge in [0.1, 0.15) is 11.3 Å². The molecule has 3 rings (SSSR count). The van der Waals surface area contributed by atoms with Crippen LogP contribution < -0.4 is 4.74 Å². The molecule has 0 saturated heterocycles. The summed E-state index contributed by atoms with van der Waals surface area (Å²) in [5, 5.41) is 0. The highest BCUT2D eigenvalue weighted by Crippen LogP contribution is 2.32. The zero-order valence-corrected chi connectivity index (χ0v) is 15.2. The first kappa shape index (κ1) is 19.7. The minimum atomic E-state index is -4.46. The number of esters is 1. The van der Waals surface area contributed by atoms with E-state index in [1.54, 1.807) is 7.11 Å². The van der Waals surface area contributed by atoms with Gasteiger partial charge in [0, 0.05) is 0 Å². The molecule has 0 spiro atoms. The van der Waals surface area contributed by atoms with Crippen LogP contribution in [0.4, 0.5) is 13.2 Å². The van der Waals surface area contributed by atoms with Crippen LogP contribution in [0.15, 0.2) is 46.9 Å². The van der Waals surface area contributed by atoms with E-state index in [4.69, 9.17) is 13.9 Å². The van der Waals surface area contributed by atoms with E-state index in [0.717, 1.165) is 17.7 Å². The van der Waals surface area contributed by atoms with Crippen molar-refractivity contribution in [3.63, 3.8) is 0 Å². The molecule has 1 heterocycles. The average Bonchev–Trinajstić information content (AvgIpc) is 3.07. The Morgan fingerprint density at radius 1 is 1.21 bits per heavy atom. The van der Waals surface area contributed by atoms with Crippen molar-refractivity contribution in [2.75, 3.05) is 7.11 Å². The summed E-state index contributed by atoms with van der Waals surface area (Å²) in [5.74, 6) is 0.105. The fourth-order valence-corrected chi connectivity index (χ4v) is 2.85. The van der Waals surface area contributed by atoms with Crippen LogP contribution >= 0.6 is 0 Å². The van der Waals surface area contributed by atoms with Crippen LogP contribution in [0, 0.1) is 0 Å². The molecule has 2 aromatic carbocycles. The zero-order valence-electron chi connectivity index (χ0n) is 15.2. The normalized spacial score (nSPS) is 12.8. The molecule has 28 heavy (non-hydrogen) atoms. The Bertz CT molecular complexity index is 981. The van der Waals surface area contributed by atoms with Crippen LogP contribution in [-0.4, -0.2) is 18.1 Å². The molecule has 0 aliphatic carbocycles. The molecule has 148 valence electrons. The third-order valence-corrected chi connectivity index (χ3v) is 4.26. The molecular weight excluding hydrogens is 375 g/mol. The summed E-state index contributed by atoms with van der Waals surface area (Å²) in [6.07, 6.45) is -4.35. The summed E-state index contributed by atoms with van der Waals surface area (Å²) in [5.41, 5.74) is 0.315. The second kappa shape index (κ2) is 7.92. The fourth-order valence-electron chi connectivity index (χ4n) is 2.85. The molecule has 0 unspecified atom stereocenters. The van der Waals surface area contributed by atoms with Gasteiger partial charge in [-0.15, -0.1) is 0 Å². The summed E-state index contributed by atoms with van der Waals surface area (Å²) < 4.78 is 54.1. The predicted molar refractivity (Wildman–Crippen MR) is 94.8 cm³/mol. The molecule has 0 N–H and O–H groups in total. The number of benzene rings is 2. The van der Waals surface area contributed by atoms with E-state index < -0.39 is 17.7 Å². The number of hydrogen-bond acceptors (Lipinski definition) is 5. The number of fused-ring (bicyclic) bond motifs is 1. The molecule has 0 aliphatic rings. The lowest BCUT2D eigenvalue weighted by Crippen LogP contribution is -2.09. The van der Waals surface area contributed by atoms with E-state index in [-0.39, 0.29) is 35.9 Å². The summed E-state index contributed by atoms with van der Waals surface area (Å²) in [7, 11) is 1.56. The molecule has 1 atom stereocenters. The smallest absolute Gasteiger partial charge is 0.416 e. The van der Waals surface area contributed by atoms with Crippen LogP contribution in [0.3, 0.4) is 0 Å². The first-order chi connectivity index (χ1) is 13.3. The third-order valence-electron chi connectivity index (χ3n) is 4.26. The van der Waals surface area contributed by atoms with Crippen molar-refractivity contribution in [2.45, 2.75) is 32.0 Å². The van der Waals surface area contributed by atoms with Crippen molar-refractivity contribution in [1.82, 2.24) is 4.98 Å². The summed E-state index contributed by atoms with van der Waals surface area (Å²) in [6.45, 7) is 1.62. The number of hydrogen-bond donors (Lipinski definition) is 0. The number of rotatable bonds is 6. The second-order valence-corrected chi connectivity index (χ2v) is 6.30. The van der Waals surface area contributed by atoms with Gasteiger partial charge in [-0.05, 0) is 35.7 Å². The molecule has 0 aliphatic heterocycles. The Labute approximate surface area is 159 Å². The van der Waals surface area contributed by atoms with Crippen molar-refractivity contribution in [3.8, 4) is 5.75 Å². The standard InChI is InChI=1S/C20H18F3NO4/c1-12(14-5-3-4-6-16(14)26-2)9-19(25)27-11-18-24-15-10-13(20(21,22)23)7-8-17(15)28-18/h3-8,10,12H,9,11H2,1-2H3/t12-/m1/s1.